The number of aromatic nitrogens is 2. The maximum atomic E-state index is 12.4. The van der Waals surface area contributed by atoms with Crippen LogP contribution >= 0.6 is 0 Å². The third-order valence-corrected chi connectivity index (χ3v) is 4.46. The van der Waals surface area contributed by atoms with Gasteiger partial charge in [0, 0.05) is 6.42 Å². The number of hydrogen-bond donors (Lipinski definition) is 1. The zero-order valence-corrected chi connectivity index (χ0v) is 12.5. The van der Waals surface area contributed by atoms with E-state index >= 15 is 0 Å². The Morgan fingerprint density at radius 2 is 2.00 bits per heavy atom. The molecule has 1 aliphatic heterocycles. The Bertz CT molecular complexity index is 752. The van der Waals surface area contributed by atoms with Crippen molar-refractivity contribution in [2.24, 2.45) is 0 Å². The van der Waals surface area contributed by atoms with E-state index in [0.29, 0.717) is 25.1 Å². The van der Waals surface area contributed by atoms with Gasteiger partial charge in [-0.2, -0.15) is 4.98 Å². The van der Waals surface area contributed by atoms with E-state index in [2.05, 4.69) is 15.5 Å². The lowest BCUT2D eigenvalue weighted by Gasteiger charge is -2.34. The molecule has 0 unspecified atom stereocenters. The molecule has 3 amide bonds. The number of carbonyl (C=O) groups is 2. The first-order valence-electron chi connectivity index (χ1n) is 7.66. The maximum absolute atomic E-state index is 12.4. The minimum absolute atomic E-state index is 0.0220. The molecular weight excluding hydrogens is 296 g/mol. The Balaban J connectivity index is 1.46. The normalized spacial score (nSPS) is 19.0. The molecule has 2 fully saturated rings. The number of imide groups is 1. The molecule has 23 heavy (non-hydrogen) atoms. The third kappa shape index (κ3) is 2.38. The van der Waals surface area contributed by atoms with Gasteiger partial charge in [0.05, 0.1) is 0 Å². The first-order valence-corrected chi connectivity index (χ1v) is 7.66. The van der Waals surface area contributed by atoms with Gasteiger partial charge in [0.2, 0.25) is 5.89 Å². The van der Waals surface area contributed by atoms with E-state index < -0.39 is 5.54 Å². The van der Waals surface area contributed by atoms with E-state index in [1.165, 1.54) is 4.90 Å². The van der Waals surface area contributed by atoms with Crippen LogP contribution in [0.15, 0.2) is 34.9 Å². The first kappa shape index (κ1) is 13.9. The van der Waals surface area contributed by atoms with Crippen LogP contribution in [0.2, 0.25) is 0 Å². The Morgan fingerprint density at radius 1 is 1.22 bits per heavy atom. The van der Waals surface area contributed by atoms with Gasteiger partial charge in [0.1, 0.15) is 12.1 Å². The number of benzene rings is 1. The Hall–Kier alpha value is -2.70. The number of rotatable bonds is 4. The Morgan fingerprint density at radius 3 is 2.65 bits per heavy atom. The molecule has 1 aromatic carbocycles. The van der Waals surface area contributed by atoms with E-state index in [1.807, 2.05) is 30.3 Å². The molecule has 4 rings (SSSR count). The summed E-state index contributed by atoms with van der Waals surface area (Å²) in [6, 6.07) is 9.42. The summed E-state index contributed by atoms with van der Waals surface area (Å²) < 4.78 is 5.18. The monoisotopic (exact) mass is 312 g/mol. The number of amides is 3. The van der Waals surface area contributed by atoms with Gasteiger partial charge in [-0.15, -0.1) is 0 Å². The molecule has 1 aromatic heterocycles. The lowest BCUT2D eigenvalue weighted by atomic mass is 9.77. The summed E-state index contributed by atoms with van der Waals surface area (Å²) in [5.41, 5.74) is 0.396. The topological polar surface area (TPSA) is 88.3 Å². The lowest BCUT2D eigenvalue weighted by Crippen LogP contribution is -2.52. The van der Waals surface area contributed by atoms with Crippen LogP contribution in [-0.2, 0) is 17.8 Å². The second kappa shape index (κ2) is 5.19. The summed E-state index contributed by atoms with van der Waals surface area (Å²) in [5.74, 6) is 0.629. The van der Waals surface area contributed by atoms with Gasteiger partial charge in [-0.3, -0.25) is 9.69 Å². The van der Waals surface area contributed by atoms with Gasteiger partial charge in [-0.25, -0.2) is 4.79 Å². The smallest absolute Gasteiger partial charge is 0.325 e. The molecule has 1 saturated heterocycles. The van der Waals surface area contributed by atoms with Crippen molar-refractivity contribution in [2.45, 2.75) is 37.8 Å². The van der Waals surface area contributed by atoms with Gasteiger partial charge >= 0.3 is 6.03 Å². The van der Waals surface area contributed by atoms with Gasteiger partial charge in [-0.05, 0) is 24.8 Å². The molecule has 0 atom stereocenters. The van der Waals surface area contributed by atoms with Crippen molar-refractivity contribution in [1.29, 1.82) is 0 Å². The van der Waals surface area contributed by atoms with E-state index in [4.69, 9.17) is 4.52 Å². The SMILES string of the molecule is O=C1NC2(CCC2)C(=O)N1Cc1nc(Cc2ccccc2)no1. The standard InChI is InChI=1S/C16H16N4O3/c21-14-16(7-4-8-16)18-15(22)20(14)10-13-17-12(19-23-13)9-11-5-2-1-3-6-11/h1-3,5-6H,4,7-10H2,(H,18,22). The molecule has 118 valence electrons. The second-order valence-corrected chi connectivity index (χ2v) is 6.02. The van der Waals surface area contributed by atoms with Crippen molar-refractivity contribution < 1.29 is 14.1 Å². The predicted molar refractivity (Wildman–Crippen MR) is 79.2 cm³/mol. The highest BCUT2D eigenvalue weighted by Gasteiger charge is 2.54. The summed E-state index contributed by atoms with van der Waals surface area (Å²) >= 11 is 0. The van der Waals surface area contributed by atoms with Crippen LogP contribution in [0.1, 0.15) is 36.5 Å². The average molecular weight is 312 g/mol. The number of nitrogens with zero attached hydrogens (tertiary/aromatic N) is 3. The minimum Gasteiger partial charge on any atom is -0.337 e. The number of urea groups is 1. The lowest BCUT2D eigenvalue weighted by molar-refractivity contribution is -0.134. The maximum Gasteiger partial charge on any atom is 0.325 e. The largest absolute Gasteiger partial charge is 0.337 e. The van der Waals surface area contributed by atoms with E-state index in [9.17, 15) is 9.59 Å². The molecule has 0 radical (unpaired) electrons. The summed E-state index contributed by atoms with van der Waals surface area (Å²) in [6.07, 6.45) is 2.92. The quantitative estimate of drug-likeness (QED) is 0.867. The van der Waals surface area contributed by atoms with Crippen LogP contribution in [0.25, 0.3) is 0 Å². The summed E-state index contributed by atoms with van der Waals surface area (Å²) in [5, 5.41) is 6.70. The third-order valence-electron chi connectivity index (χ3n) is 4.46. The summed E-state index contributed by atoms with van der Waals surface area (Å²) in [7, 11) is 0. The molecule has 1 spiro atoms. The van der Waals surface area contributed by atoms with Crippen LogP contribution in [0.4, 0.5) is 4.79 Å². The van der Waals surface area contributed by atoms with Crippen molar-refractivity contribution in [2.75, 3.05) is 0 Å². The molecule has 1 saturated carbocycles. The van der Waals surface area contributed by atoms with Gasteiger partial charge in [0.25, 0.3) is 5.91 Å². The zero-order valence-electron chi connectivity index (χ0n) is 12.5. The average Bonchev–Trinajstić information content (AvgIpc) is 3.05. The fraction of sp³-hybridized carbons (Fsp3) is 0.375. The number of nitrogens with one attached hydrogen (secondary N) is 1. The van der Waals surface area contributed by atoms with Gasteiger partial charge in [0.15, 0.2) is 5.82 Å². The predicted octanol–water partition coefficient (Wildman–Crippen LogP) is 1.63. The van der Waals surface area contributed by atoms with Crippen LogP contribution < -0.4 is 5.32 Å². The second-order valence-electron chi connectivity index (χ2n) is 6.02. The van der Waals surface area contributed by atoms with E-state index in [0.717, 1.165) is 12.0 Å². The molecule has 1 N–H and O–H groups in total. The van der Waals surface area contributed by atoms with Crippen LogP contribution in [-0.4, -0.2) is 32.5 Å². The Kier molecular flexibility index (Phi) is 3.14. The van der Waals surface area contributed by atoms with E-state index in [1.54, 1.807) is 0 Å². The van der Waals surface area contributed by atoms with Crippen molar-refractivity contribution in [3.8, 4) is 0 Å². The molecule has 2 aliphatic rings. The number of carbonyl (C=O) groups excluding carboxylic acids is 2. The zero-order chi connectivity index (χ0) is 15.9. The van der Waals surface area contributed by atoms with Crippen molar-refractivity contribution >= 4 is 11.9 Å². The highest BCUT2D eigenvalue weighted by Crippen LogP contribution is 2.37. The minimum atomic E-state index is -0.677. The van der Waals surface area contributed by atoms with Crippen LogP contribution in [0.5, 0.6) is 0 Å². The van der Waals surface area contributed by atoms with Gasteiger partial charge in [-0.1, -0.05) is 35.5 Å². The fourth-order valence-electron chi connectivity index (χ4n) is 3.03. The summed E-state index contributed by atoms with van der Waals surface area (Å²) in [4.78, 5) is 29.8. The van der Waals surface area contributed by atoms with Crippen LogP contribution in [0, 0.1) is 0 Å². The molecule has 7 heteroatoms. The van der Waals surface area contributed by atoms with Crippen molar-refractivity contribution in [3.05, 3.63) is 47.6 Å². The molecular formula is C16H16N4O3. The van der Waals surface area contributed by atoms with Crippen LogP contribution in [0.3, 0.4) is 0 Å². The number of hydrogen-bond acceptors (Lipinski definition) is 5. The molecule has 1 aliphatic carbocycles. The van der Waals surface area contributed by atoms with Crippen molar-refractivity contribution in [3.63, 3.8) is 0 Å². The van der Waals surface area contributed by atoms with Crippen molar-refractivity contribution in [1.82, 2.24) is 20.4 Å². The molecule has 0 bridgehead atoms. The first-order chi connectivity index (χ1) is 11.2. The highest BCUT2D eigenvalue weighted by molar-refractivity contribution is 6.07. The molecule has 2 heterocycles. The fourth-order valence-corrected chi connectivity index (χ4v) is 3.03. The highest BCUT2D eigenvalue weighted by atomic mass is 16.5. The summed E-state index contributed by atoms with van der Waals surface area (Å²) in [6.45, 7) is 0.0220. The molecule has 2 aromatic rings. The molecule has 7 nitrogen and oxygen atoms in total. The van der Waals surface area contributed by atoms with Gasteiger partial charge < -0.3 is 9.84 Å². The van der Waals surface area contributed by atoms with E-state index in [-0.39, 0.29) is 24.4 Å². The Labute approximate surface area is 132 Å².